The lowest BCUT2D eigenvalue weighted by atomic mass is 9.79. The van der Waals surface area contributed by atoms with E-state index < -0.39 is 84.1 Å². The van der Waals surface area contributed by atoms with Gasteiger partial charge in [0.05, 0.1) is 35.1 Å². The molecule has 106 heavy (non-hydrogen) atoms. The predicted octanol–water partition coefficient (Wildman–Crippen LogP) is 19.4. The first-order chi connectivity index (χ1) is 50.5. The Morgan fingerprint density at radius 2 is 0.613 bits per heavy atom. The van der Waals surface area contributed by atoms with Crippen molar-refractivity contribution in [2.75, 3.05) is 13.1 Å². The molecule has 4 aliphatic rings. The van der Waals surface area contributed by atoms with Crippen LogP contribution < -0.4 is 29.6 Å². The molecule has 4 atom stereocenters. The summed E-state index contributed by atoms with van der Waals surface area (Å²) >= 11 is 0. The van der Waals surface area contributed by atoms with Crippen LogP contribution >= 0.6 is 0 Å². The number of ether oxygens (including phenoxy) is 4. The predicted molar refractivity (Wildman–Crippen MR) is 410 cm³/mol. The second-order valence-corrected chi connectivity index (χ2v) is 31.3. The molecule has 0 radical (unpaired) electrons. The molecule has 9 aromatic rings. The maximum atomic E-state index is 16.7. The highest BCUT2D eigenvalue weighted by atomic mass is 16.5. The van der Waals surface area contributed by atoms with E-state index in [1.807, 2.05) is 114 Å². The summed E-state index contributed by atoms with van der Waals surface area (Å²) < 4.78 is 30.0. The van der Waals surface area contributed by atoms with Crippen LogP contribution in [0.2, 0.25) is 0 Å². The number of hydrogen-bond acceptors (Lipinski definition) is 12. The van der Waals surface area contributed by atoms with Crippen molar-refractivity contribution in [2.45, 2.75) is 197 Å². The Balaban J connectivity index is 1.23. The maximum absolute atomic E-state index is 16.7. The Hall–Kier alpha value is -10.4. The van der Waals surface area contributed by atoms with E-state index in [1.165, 1.54) is 0 Å². The van der Waals surface area contributed by atoms with Crippen molar-refractivity contribution in [1.82, 2.24) is 20.4 Å². The van der Waals surface area contributed by atoms with E-state index in [0.717, 1.165) is 106 Å². The average Bonchev–Trinajstić information content (AvgIpc) is 0.710. The highest BCUT2D eigenvalue weighted by molar-refractivity contribution is 6.45. The number of carboxylic acid groups (broad SMARTS) is 2. The molecule has 0 aromatic heterocycles. The number of amides is 6. The summed E-state index contributed by atoms with van der Waals surface area (Å²) in [5.41, 5.74) is 7.06. The molecule has 552 valence electrons. The largest absolute Gasteiger partial charge is 0.481 e. The van der Waals surface area contributed by atoms with Gasteiger partial charge in [-0.15, -0.1) is 0 Å². The summed E-state index contributed by atoms with van der Waals surface area (Å²) in [5, 5.41) is 27.3. The SMILES string of the molecule is Cc1cc(C(C)C)ccc1Oc1cc2c3c(cc(Oc4ccc(C(C)C)cc4C)c4c5c(Oc6ccc(C(C)C)cc6C)cc6c7c(cc(Oc8ccc(C(C)C)cc8C)c(c1c34)c75)C(=O)N(C(C(=O)NCCC(=O)O)C(C)C1CCCC1)C6=O)C(=O)N(C(C(=O)NCCC(=O)O)C(C)C1CCCC1)C2=O. The van der Waals surface area contributed by atoms with Gasteiger partial charge in [0.1, 0.15) is 58.1 Å². The zero-order valence-corrected chi connectivity index (χ0v) is 63.2. The minimum absolute atomic E-state index is 0.00342. The van der Waals surface area contributed by atoms with Crippen LogP contribution in [0, 0.1) is 51.4 Å². The molecule has 2 heterocycles. The third-order valence-electron chi connectivity index (χ3n) is 23.0. The van der Waals surface area contributed by atoms with Crippen molar-refractivity contribution >= 4 is 90.5 Å². The molecule has 0 bridgehead atoms. The molecule has 18 nitrogen and oxygen atoms in total. The van der Waals surface area contributed by atoms with Crippen LogP contribution in [-0.2, 0) is 19.2 Å². The molecule has 2 saturated carbocycles. The Labute approximate surface area is 618 Å². The monoisotopic (exact) mass is 1430 g/mol. The molecule has 18 heteroatoms. The third kappa shape index (κ3) is 13.5. The van der Waals surface area contributed by atoms with Gasteiger partial charge < -0.3 is 39.8 Å². The molecular formula is C88H96N4O14. The third-order valence-corrected chi connectivity index (χ3v) is 23.0. The van der Waals surface area contributed by atoms with E-state index in [-0.39, 0.29) is 137 Å². The lowest BCUT2D eigenvalue weighted by Gasteiger charge is -2.39. The zero-order valence-electron chi connectivity index (χ0n) is 63.2. The van der Waals surface area contributed by atoms with Crippen molar-refractivity contribution in [2.24, 2.45) is 23.7 Å². The Bertz CT molecular complexity index is 4530. The van der Waals surface area contributed by atoms with E-state index in [0.29, 0.717) is 23.0 Å². The Morgan fingerprint density at radius 3 is 0.830 bits per heavy atom. The van der Waals surface area contributed by atoms with Crippen LogP contribution in [0.4, 0.5) is 0 Å². The smallest absolute Gasteiger partial charge is 0.305 e. The van der Waals surface area contributed by atoms with Gasteiger partial charge in [0.15, 0.2) is 0 Å². The van der Waals surface area contributed by atoms with Crippen molar-refractivity contribution in [3.63, 3.8) is 0 Å². The van der Waals surface area contributed by atoms with Crippen molar-refractivity contribution in [1.29, 1.82) is 0 Å². The number of aliphatic carboxylic acids is 2. The fraction of sp³-hybridized carbons (Fsp3) is 0.409. The van der Waals surface area contributed by atoms with Gasteiger partial charge in [-0.05, 0) is 168 Å². The first-order valence-electron chi connectivity index (χ1n) is 37.8. The molecule has 2 aliphatic heterocycles. The molecule has 9 aromatic carbocycles. The molecule has 4 unspecified atom stereocenters. The Morgan fingerprint density at radius 1 is 0.368 bits per heavy atom. The number of fused-ring (bicyclic) bond motifs is 2. The van der Waals surface area contributed by atoms with Gasteiger partial charge in [-0.3, -0.25) is 48.2 Å². The number of nitrogens with one attached hydrogen (secondary N) is 2. The lowest BCUT2D eigenvalue weighted by Crippen LogP contribution is -2.57. The lowest BCUT2D eigenvalue weighted by molar-refractivity contribution is -0.138. The number of benzene rings is 9. The average molecular weight is 1430 g/mol. The highest BCUT2D eigenvalue weighted by Gasteiger charge is 2.50. The number of carboxylic acids is 2. The number of aryl methyl sites for hydroxylation is 4. The van der Waals surface area contributed by atoms with E-state index >= 15 is 28.8 Å². The van der Waals surface area contributed by atoms with Gasteiger partial charge in [0.2, 0.25) is 11.8 Å². The molecule has 2 aliphatic carbocycles. The van der Waals surface area contributed by atoms with E-state index in [9.17, 15) is 19.8 Å². The summed E-state index contributed by atoms with van der Waals surface area (Å²) in [5.74, 6) is -5.79. The molecular weight excluding hydrogens is 1340 g/mol. The number of rotatable bonds is 26. The summed E-state index contributed by atoms with van der Waals surface area (Å²) in [6.07, 6.45) is 5.64. The molecule has 2 fully saturated rings. The number of carbonyl (C=O) groups is 8. The second-order valence-electron chi connectivity index (χ2n) is 31.3. The topological polar surface area (TPSA) is 244 Å². The van der Waals surface area contributed by atoms with E-state index in [1.54, 1.807) is 24.3 Å². The summed E-state index contributed by atoms with van der Waals surface area (Å²) in [4.78, 5) is 123. The van der Waals surface area contributed by atoms with Gasteiger partial charge in [-0.25, -0.2) is 0 Å². The van der Waals surface area contributed by atoms with E-state index in [4.69, 9.17) is 18.9 Å². The van der Waals surface area contributed by atoms with Crippen LogP contribution in [-0.4, -0.2) is 92.6 Å². The van der Waals surface area contributed by atoms with Gasteiger partial charge in [-0.2, -0.15) is 0 Å². The second kappa shape index (κ2) is 29.5. The molecule has 4 N–H and O–H groups in total. The van der Waals surface area contributed by atoms with Gasteiger partial charge in [0.25, 0.3) is 23.6 Å². The van der Waals surface area contributed by atoms with Crippen LogP contribution in [0.15, 0.2) is 97.1 Å². The Kier molecular flexibility index (Phi) is 20.6. The minimum atomic E-state index is -1.42. The van der Waals surface area contributed by atoms with Gasteiger partial charge in [0, 0.05) is 56.2 Å². The minimum Gasteiger partial charge on any atom is -0.481 e. The molecule has 13 rings (SSSR count). The quantitative estimate of drug-likeness (QED) is 0.0224. The standard InChI is InChI=1S/C88H96N4O14/c1-43(2)55-23-27-63(47(9)35-55)103-67-39-59-73-60(86(100)91(85(59)99)81(51(13)53-19-15-16-20-53)83(97)89-33-31-71(93)94)41-69(105-65-29-25-57(45(5)6)37-49(65)11)77-78-70(106-66-30-26-58(46(7)8)38-50(66)12)42-62-74-61(40-68(76(80(74)78)75(67)79(73)77)104-64-28-24-56(44(3)4)36-48(64)10)87(101)92(88(62)102)82(52(14)54-21-17-18-22-54)84(98)90-34-32-72(95)96/h23-30,35-46,51-54,81-82H,15-22,31-34H2,1-14H3,(H,89,97)(H,90,98)(H,93,94)(H,95,96). The van der Waals surface area contributed by atoms with Gasteiger partial charge >= 0.3 is 11.9 Å². The fourth-order valence-electron chi connectivity index (χ4n) is 16.9. The van der Waals surface area contributed by atoms with Crippen LogP contribution in [0.5, 0.6) is 46.0 Å². The molecule has 6 amide bonds. The number of nitrogens with zero attached hydrogens (tertiary/aromatic N) is 2. The molecule has 0 saturated heterocycles. The molecule has 0 spiro atoms. The summed E-state index contributed by atoms with van der Waals surface area (Å²) in [6, 6.07) is 27.1. The van der Waals surface area contributed by atoms with Crippen molar-refractivity contribution < 1.29 is 67.5 Å². The number of hydrogen-bond donors (Lipinski definition) is 4. The first-order valence-corrected chi connectivity index (χ1v) is 37.8. The van der Waals surface area contributed by atoms with Crippen LogP contribution in [0.25, 0.3) is 43.1 Å². The van der Waals surface area contributed by atoms with Gasteiger partial charge in [-0.1, -0.05) is 169 Å². The normalized spacial score (nSPS) is 16.1. The summed E-state index contributed by atoms with van der Waals surface area (Å²) in [7, 11) is 0. The zero-order chi connectivity index (χ0) is 75.8. The van der Waals surface area contributed by atoms with Crippen molar-refractivity contribution in [3.8, 4) is 46.0 Å². The van der Waals surface area contributed by atoms with Crippen LogP contribution in [0.1, 0.15) is 243 Å². The number of imide groups is 2. The fourth-order valence-corrected chi connectivity index (χ4v) is 16.9. The highest BCUT2D eigenvalue weighted by Crippen LogP contribution is 2.59. The summed E-state index contributed by atoms with van der Waals surface area (Å²) in [6.45, 7) is 27.7. The van der Waals surface area contributed by atoms with Crippen molar-refractivity contribution in [3.05, 3.63) is 164 Å². The maximum Gasteiger partial charge on any atom is 0.305 e. The van der Waals surface area contributed by atoms with E-state index in [2.05, 4.69) is 66.0 Å². The first kappa shape index (κ1) is 73.9. The van der Waals surface area contributed by atoms with Crippen LogP contribution in [0.3, 0.4) is 0 Å². The number of carbonyl (C=O) groups excluding carboxylic acids is 6.